The Morgan fingerprint density at radius 3 is 2.31 bits per heavy atom. The molecule has 1 aromatic carbocycles. The van der Waals surface area contributed by atoms with E-state index in [1.54, 1.807) is 0 Å². The van der Waals surface area contributed by atoms with Gasteiger partial charge in [0.25, 0.3) is 0 Å². The lowest BCUT2D eigenvalue weighted by Gasteiger charge is -2.31. The highest BCUT2D eigenvalue weighted by molar-refractivity contribution is 5.52. The Labute approximate surface area is 150 Å². The van der Waals surface area contributed by atoms with Crippen LogP contribution in [0.15, 0.2) is 30.5 Å². The Bertz CT molecular complexity index is 778. The summed E-state index contributed by atoms with van der Waals surface area (Å²) in [6, 6.07) is 5.98. The molecular weight excluding hydrogens is 345 g/mol. The molecule has 3 rings (SSSR count). The first-order chi connectivity index (χ1) is 12.4. The summed E-state index contributed by atoms with van der Waals surface area (Å²) in [7, 11) is 0. The number of ether oxygens (including phenoxy) is 2. The number of anilines is 1. The van der Waals surface area contributed by atoms with Gasteiger partial charge in [-0.15, -0.1) is 0 Å². The number of alkyl halides is 3. The average Bonchev–Trinajstić information content (AvgIpc) is 2.62. The summed E-state index contributed by atoms with van der Waals surface area (Å²) in [4.78, 5) is 5.98. The van der Waals surface area contributed by atoms with E-state index in [0.717, 1.165) is 23.3 Å². The van der Waals surface area contributed by atoms with E-state index in [4.69, 9.17) is 9.47 Å². The second-order valence-electron chi connectivity index (χ2n) is 6.01. The van der Waals surface area contributed by atoms with Crippen molar-refractivity contribution in [1.82, 2.24) is 4.98 Å². The molecule has 26 heavy (non-hydrogen) atoms. The summed E-state index contributed by atoms with van der Waals surface area (Å²) < 4.78 is 50.2. The first-order valence-electron chi connectivity index (χ1n) is 8.62. The zero-order valence-corrected chi connectivity index (χ0v) is 14.8. The number of benzene rings is 1. The van der Waals surface area contributed by atoms with Gasteiger partial charge in [-0.3, -0.25) is 0 Å². The van der Waals surface area contributed by atoms with E-state index in [0.29, 0.717) is 50.0 Å². The number of aromatic nitrogens is 1. The van der Waals surface area contributed by atoms with Crippen molar-refractivity contribution in [1.29, 1.82) is 0 Å². The van der Waals surface area contributed by atoms with E-state index >= 15 is 0 Å². The van der Waals surface area contributed by atoms with E-state index in [9.17, 15) is 13.2 Å². The molecule has 0 atom stereocenters. The lowest BCUT2D eigenvalue weighted by atomic mass is 9.98. The van der Waals surface area contributed by atoms with Crippen LogP contribution in [-0.4, -0.2) is 24.7 Å². The van der Waals surface area contributed by atoms with Crippen LogP contribution in [0.5, 0.6) is 11.5 Å². The van der Waals surface area contributed by atoms with Gasteiger partial charge in [0.1, 0.15) is 5.82 Å². The Morgan fingerprint density at radius 2 is 1.69 bits per heavy atom. The molecule has 140 valence electrons. The van der Waals surface area contributed by atoms with E-state index in [2.05, 4.69) is 4.98 Å². The topological polar surface area (TPSA) is 34.6 Å². The van der Waals surface area contributed by atoms with Crippen LogP contribution in [0.3, 0.4) is 0 Å². The molecule has 0 fully saturated rings. The minimum Gasteiger partial charge on any atom is -0.490 e. The van der Waals surface area contributed by atoms with E-state index in [1.807, 2.05) is 30.9 Å². The average molecular weight is 366 g/mol. The monoisotopic (exact) mass is 366 g/mol. The first-order valence-corrected chi connectivity index (χ1v) is 8.62. The quantitative estimate of drug-likeness (QED) is 0.783. The Kier molecular flexibility index (Phi) is 5.25. The molecule has 1 aromatic heterocycles. The molecular formula is C19H21F3N2O2. The fraction of sp³-hybridized carbons (Fsp3) is 0.421. The zero-order chi connectivity index (χ0) is 18.7. The smallest absolute Gasteiger partial charge is 0.416 e. The van der Waals surface area contributed by atoms with Crippen LogP contribution >= 0.6 is 0 Å². The van der Waals surface area contributed by atoms with Crippen LogP contribution in [0.4, 0.5) is 19.0 Å². The van der Waals surface area contributed by atoms with Crippen molar-refractivity contribution in [2.45, 2.75) is 33.0 Å². The van der Waals surface area contributed by atoms with Crippen LogP contribution in [0, 0.1) is 0 Å². The number of halogens is 3. The van der Waals surface area contributed by atoms with Crippen LogP contribution in [0.2, 0.25) is 0 Å². The Balaban J connectivity index is 1.88. The van der Waals surface area contributed by atoms with Gasteiger partial charge in [-0.1, -0.05) is 0 Å². The summed E-state index contributed by atoms with van der Waals surface area (Å²) in [5.74, 6) is 1.70. The lowest BCUT2D eigenvalue weighted by Crippen LogP contribution is -2.31. The molecule has 4 nitrogen and oxygen atoms in total. The second-order valence-corrected chi connectivity index (χ2v) is 6.01. The summed E-state index contributed by atoms with van der Waals surface area (Å²) in [5, 5.41) is 0. The van der Waals surface area contributed by atoms with Gasteiger partial charge in [-0.05, 0) is 55.7 Å². The fourth-order valence-corrected chi connectivity index (χ4v) is 3.06. The number of nitrogens with zero attached hydrogens (tertiary/aromatic N) is 2. The first kappa shape index (κ1) is 18.4. The largest absolute Gasteiger partial charge is 0.490 e. The Morgan fingerprint density at radius 1 is 1.04 bits per heavy atom. The van der Waals surface area contributed by atoms with Gasteiger partial charge in [-0.2, -0.15) is 13.2 Å². The molecule has 2 aromatic rings. The molecule has 0 saturated heterocycles. The molecule has 1 aliphatic heterocycles. The van der Waals surface area contributed by atoms with Gasteiger partial charge >= 0.3 is 6.18 Å². The van der Waals surface area contributed by atoms with Crippen molar-refractivity contribution < 1.29 is 22.6 Å². The highest BCUT2D eigenvalue weighted by atomic mass is 19.4. The SMILES string of the molecule is CCOc1cc2c(cc1OCC)CN(c1cc(C(F)(F)F)ccn1)CC2. The molecule has 0 amide bonds. The van der Waals surface area contributed by atoms with Crippen molar-refractivity contribution >= 4 is 5.82 Å². The van der Waals surface area contributed by atoms with E-state index in [-0.39, 0.29) is 0 Å². The van der Waals surface area contributed by atoms with Crippen molar-refractivity contribution in [2.24, 2.45) is 0 Å². The predicted octanol–water partition coefficient (Wildman–Crippen LogP) is 4.46. The molecule has 0 saturated carbocycles. The van der Waals surface area contributed by atoms with Crippen LogP contribution < -0.4 is 14.4 Å². The van der Waals surface area contributed by atoms with Crippen LogP contribution in [0.25, 0.3) is 0 Å². The molecule has 1 aliphatic rings. The number of hydrogen-bond donors (Lipinski definition) is 0. The fourth-order valence-electron chi connectivity index (χ4n) is 3.06. The Hall–Kier alpha value is -2.44. The third kappa shape index (κ3) is 3.86. The van der Waals surface area contributed by atoms with Gasteiger partial charge < -0.3 is 14.4 Å². The molecule has 0 unspecified atom stereocenters. The minimum absolute atomic E-state index is 0.331. The summed E-state index contributed by atoms with van der Waals surface area (Å²) in [6.07, 6.45) is -2.46. The molecule has 0 spiro atoms. The summed E-state index contributed by atoms with van der Waals surface area (Å²) >= 11 is 0. The maximum Gasteiger partial charge on any atom is 0.416 e. The van der Waals surface area contributed by atoms with Crippen molar-refractivity contribution in [3.05, 3.63) is 47.2 Å². The zero-order valence-electron chi connectivity index (χ0n) is 14.8. The molecule has 0 bridgehead atoms. The standard InChI is InChI=1S/C19H21F3N2O2/c1-3-25-16-9-13-6-8-24(12-14(13)10-17(16)26-4-2)18-11-15(5-7-23-18)19(20,21)22/h5,7,9-11H,3-4,6,8,12H2,1-2H3. The predicted molar refractivity (Wildman–Crippen MR) is 92.8 cm³/mol. The van der Waals surface area contributed by atoms with E-state index < -0.39 is 11.7 Å². The van der Waals surface area contributed by atoms with Crippen molar-refractivity contribution in [3.63, 3.8) is 0 Å². The van der Waals surface area contributed by atoms with Crippen molar-refractivity contribution in [2.75, 3.05) is 24.7 Å². The van der Waals surface area contributed by atoms with Gasteiger partial charge in [-0.25, -0.2) is 4.98 Å². The van der Waals surface area contributed by atoms with Gasteiger partial charge in [0.15, 0.2) is 11.5 Å². The van der Waals surface area contributed by atoms with Gasteiger partial charge in [0, 0.05) is 19.3 Å². The molecule has 0 radical (unpaired) electrons. The molecule has 0 aliphatic carbocycles. The third-order valence-electron chi connectivity index (χ3n) is 4.27. The number of hydrogen-bond acceptors (Lipinski definition) is 4. The van der Waals surface area contributed by atoms with Gasteiger partial charge in [0.05, 0.1) is 18.8 Å². The maximum atomic E-state index is 13.0. The second kappa shape index (κ2) is 7.43. The molecule has 2 heterocycles. The van der Waals surface area contributed by atoms with Gasteiger partial charge in [0.2, 0.25) is 0 Å². The minimum atomic E-state index is -4.38. The van der Waals surface area contributed by atoms with Crippen molar-refractivity contribution in [3.8, 4) is 11.5 Å². The summed E-state index contributed by atoms with van der Waals surface area (Å²) in [6.45, 7) is 5.94. The molecule has 7 heteroatoms. The maximum absolute atomic E-state index is 13.0. The lowest BCUT2D eigenvalue weighted by molar-refractivity contribution is -0.137. The number of fused-ring (bicyclic) bond motifs is 1. The van der Waals surface area contributed by atoms with E-state index in [1.165, 1.54) is 6.20 Å². The number of pyridine rings is 1. The summed E-state index contributed by atoms with van der Waals surface area (Å²) in [5.41, 5.74) is 1.46. The third-order valence-corrected chi connectivity index (χ3v) is 4.27. The van der Waals surface area contributed by atoms with Crippen LogP contribution in [0.1, 0.15) is 30.5 Å². The highest BCUT2D eigenvalue weighted by Gasteiger charge is 2.31. The highest BCUT2D eigenvalue weighted by Crippen LogP contribution is 2.36. The molecule has 0 N–H and O–H groups in total. The van der Waals surface area contributed by atoms with Crippen LogP contribution in [-0.2, 0) is 19.1 Å². The normalized spacial score (nSPS) is 14.1. The number of rotatable bonds is 5.